The molecule has 1 spiro atoms. The van der Waals surface area contributed by atoms with Crippen LogP contribution in [-0.2, 0) is 24.6 Å². The van der Waals surface area contributed by atoms with E-state index in [9.17, 15) is 29.5 Å². The van der Waals surface area contributed by atoms with Gasteiger partial charge in [0.2, 0.25) is 23.6 Å². The van der Waals surface area contributed by atoms with E-state index in [1.165, 1.54) is 16.8 Å². The molecule has 1 aromatic carbocycles. The van der Waals surface area contributed by atoms with Crippen LogP contribution < -0.4 is 10.6 Å². The standard InChI is InChI=1S/C27H35N5O5/c1-16(2)10-22(31(3)24(35)12-23(34)29-17-8-9-19(33)11-17)25(36)32-15-27(13-18(32)14-28)20-6-4-5-7-21(20)30-26(27)37/h4-7,16-19,22,33H,8-13,15H2,1-3H3,(H,29,34)(H,30,37)/t17-,18-,19+,22-,27-/m0/s1. The van der Waals surface area contributed by atoms with Crippen molar-refractivity contribution in [3.8, 4) is 6.07 Å². The molecule has 4 rings (SSSR count). The molecule has 1 saturated heterocycles. The number of para-hydroxylation sites is 1. The van der Waals surface area contributed by atoms with Gasteiger partial charge in [0, 0.05) is 31.7 Å². The van der Waals surface area contributed by atoms with Gasteiger partial charge in [0.05, 0.1) is 17.6 Å². The molecule has 2 fully saturated rings. The van der Waals surface area contributed by atoms with E-state index in [1.54, 1.807) is 6.07 Å². The SMILES string of the molecule is CC(C)C[C@@H](C(=O)N1C[C@]2(C[C@H]1C#N)C(=O)Nc1ccccc12)N(C)C(=O)CC(=O)N[C@H]1CC[C@@H](O)C1. The van der Waals surface area contributed by atoms with Gasteiger partial charge in [0.1, 0.15) is 18.5 Å². The van der Waals surface area contributed by atoms with E-state index in [2.05, 4.69) is 16.7 Å². The Bertz CT molecular complexity index is 1130. The number of aliphatic hydroxyl groups excluding tert-OH is 1. The second-order valence-corrected chi connectivity index (χ2v) is 11.0. The first-order valence-electron chi connectivity index (χ1n) is 12.9. The van der Waals surface area contributed by atoms with E-state index in [-0.39, 0.29) is 30.8 Å². The van der Waals surface area contributed by atoms with Gasteiger partial charge in [0.15, 0.2) is 0 Å². The number of fused-ring (bicyclic) bond motifs is 2. The number of nitrogens with zero attached hydrogens (tertiary/aromatic N) is 3. The number of nitrogens with one attached hydrogen (secondary N) is 2. The van der Waals surface area contributed by atoms with Crippen LogP contribution in [0.5, 0.6) is 0 Å². The van der Waals surface area contributed by atoms with Gasteiger partial charge in [-0.05, 0) is 43.2 Å². The molecular formula is C27H35N5O5. The fraction of sp³-hybridized carbons (Fsp3) is 0.593. The Hall–Kier alpha value is -3.45. The van der Waals surface area contributed by atoms with Crippen molar-refractivity contribution in [2.24, 2.45) is 5.92 Å². The number of benzene rings is 1. The molecule has 37 heavy (non-hydrogen) atoms. The van der Waals surface area contributed by atoms with Gasteiger partial charge < -0.3 is 25.5 Å². The Morgan fingerprint density at radius 2 is 2.03 bits per heavy atom. The summed E-state index contributed by atoms with van der Waals surface area (Å²) in [5.41, 5.74) is 0.447. The van der Waals surface area contributed by atoms with Gasteiger partial charge in [-0.1, -0.05) is 32.0 Å². The largest absolute Gasteiger partial charge is 0.393 e. The van der Waals surface area contributed by atoms with Crippen molar-refractivity contribution in [1.29, 1.82) is 5.26 Å². The summed E-state index contributed by atoms with van der Waals surface area (Å²) in [5.74, 6) is -1.51. The highest BCUT2D eigenvalue weighted by Crippen LogP contribution is 2.46. The number of hydrogen-bond donors (Lipinski definition) is 3. The summed E-state index contributed by atoms with van der Waals surface area (Å²) < 4.78 is 0. The van der Waals surface area contributed by atoms with Crippen LogP contribution in [-0.4, -0.2) is 76.4 Å². The quantitative estimate of drug-likeness (QED) is 0.473. The molecule has 1 aromatic rings. The van der Waals surface area contributed by atoms with E-state index in [0.29, 0.717) is 31.4 Å². The lowest BCUT2D eigenvalue weighted by Crippen LogP contribution is -2.52. The predicted octanol–water partition coefficient (Wildman–Crippen LogP) is 1.29. The molecule has 1 saturated carbocycles. The average molecular weight is 510 g/mol. The second kappa shape index (κ2) is 10.5. The molecule has 1 aliphatic carbocycles. The molecule has 0 radical (unpaired) electrons. The van der Waals surface area contributed by atoms with E-state index < -0.39 is 47.7 Å². The van der Waals surface area contributed by atoms with Gasteiger partial charge >= 0.3 is 0 Å². The molecule has 3 N–H and O–H groups in total. The number of aliphatic hydroxyl groups is 1. The molecule has 0 bridgehead atoms. The summed E-state index contributed by atoms with van der Waals surface area (Å²) in [7, 11) is 1.50. The monoisotopic (exact) mass is 509 g/mol. The van der Waals surface area contributed by atoms with Crippen molar-refractivity contribution >= 4 is 29.3 Å². The molecule has 5 atom stereocenters. The summed E-state index contributed by atoms with van der Waals surface area (Å²) in [4.78, 5) is 55.2. The number of likely N-dealkylation sites (tertiary alicyclic amines) is 1. The first-order valence-corrected chi connectivity index (χ1v) is 12.9. The van der Waals surface area contributed by atoms with Crippen LogP contribution in [0.15, 0.2) is 24.3 Å². The Kier molecular flexibility index (Phi) is 7.55. The maximum atomic E-state index is 13.9. The summed E-state index contributed by atoms with van der Waals surface area (Å²) in [6.45, 7) is 3.92. The lowest BCUT2D eigenvalue weighted by molar-refractivity contribution is -0.147. The van der Waals surface area contributed by atoms with Crippen LogP contribution in [0, 0.1) is 17.2 Å². The van der Waals surface area contributed by atoms with Crippen LogP contribution in [0.3, 0.4) is 0 Å². The minimum Gasteiger partial charge on any atom is -0.393 e. The Balaban J connectivity index is 1.51. The predicted molar refractivity (Wildman–Crippen MR) is 135 cm³/mol. The number of rotatable bonds is 7. The van der Waals surface area contributed by atoms with Crippen molar-refractivity contribution in [3.63, 3.8) is 0 Å². The lowest BCUT2D eigenvalue weighted by Gasteiger charge is -2.33. The Morgan fingerprint density at radius 3 is 2.68 bits per heavy atom. The molecule has 4 amide bonds. The normalized spacial score (nSPS) is 27.1. The zero-order chi connectivity index (χ0) is 26.9. The van der Waals surface area contributed by atoms with Crippen molar-refractivity contribution in [1.82, 2.24) is 15.1 Å². The average Bonchev–Trinajstić information content (AvgIpc) is 3.52. The molecule has 198 valence electrons. The van der Waals surface area contributed by atoms with E-state index in [0.717, 1.165) is 5.56 Å². The number of amides is 4. The highest BCUT2D eigenvalue weighted by atomic mass is 16.3. The molecule has 2 aliphatic heterocycles. The third-order valence-electron chi connectivity index (χ3n) is 7.84. The molecule has 10 heteroatoms. The Labute approximate surface area is 217 Å². The maximum Gasteiger partial charge on any atom is 0.246 e. The smallest absolute Gasteiger partial charge is 0.246 e. The van der Waals surface area contributed by atoms with Gasteiger partial charge in [-0.25, -0.2) is 0 Å². The second-order valence-electron chi connectivity index (χ2n) is 11.0. The first kappa shape index (κ1) is 26.6. The summed E-state index contributed by atoms with van der Waals surface area (Å²) in [5, 5.41) is 25.3. The van der Waals surface area contributed by atoms with Crippen LogP contribution in [0.25, 0.3) is 0 Å². The third kappa shape index (κ3) is 5.18. The maximum absolute atomic E-state index is 13.9. The van der Waals surface area contributed by atoms with E-state index in [4.69, 9.17) is 0 Å². The molecule has 3 aliphatic rings. The Morgan fingerprint density at radius 1 is 1.30 bits per heavy atom. The first-order chi connectivity index (χ1) is 17.6. The van der Waals surface area contributed by atoms with Crippen LogP contribution in [0.1, 0.15) is 57.9 Å². The number of carbonyl (C=O) groups excluding carboxylic acids is 4. The minimum absolute atomic E-state index is 0.0496. The van der Waals surface area contributed by atoms with Gasteiger partial charge in [-0.2, -0.15) is 5.26 Å². The minimum atomic E-state index is -1.01. The highest BCUT2D eigenvalue weighted by Gasteiger charge is 2.56. The summed E-state index contributed by atoms with van der Waals surface area (Å²) >= 11 is 0. The molecule has 10 nitrogen and oxygen atoms in total. The summed E-state index contributed by atoms with van der Waals surface area (Å²) in [6.07, 6.45) is 1.42. The van der Waals surface area contributed by atoms with Crippen molar-refractivity contribution in [3.05, 3.63) is 29.8 Å². The number of likely N-dealkylation sites (N-methyl/N-ethyl adjacent to an activating group) is 1. The van der Waals surface area contributed by atoms with Gasteiger partial charge in [0.25, 0.3) is 0 Å². The molecular weight excluding hydrogens is 474 g/mol. The number of hydrogen-bond acceptors (Lipinski definition) is 6. The van der Waals surface area contributed by atoms with Gasteiger partial charge in [-0.15, -0.1) is 0 Å². The zero-order valence-corrected chi connectivity index (χ0v) is 21.6. The van der Waals surface area contributed by atoms with Crippen molar-refractivity contribution < 1.29 is 24.3 Å². The van der Waals surface area contributed by atoms with Crippen molar-refractivity contribution in [2.75, 3.05) is 18.9 Å². The van der Waals surface area contributed by atoms with Crippen LogP contribution in [0.4, 0.5) is 5.69 Å². The fourth-order valence-electron chi connectivity index (χ4n) is 5.85. The van der Waals surface area contributed by atoms with E-state index >= 15 is 0 Å². The van der Waals surface area contributed by atoms with Crippen LogP contribution in [0.2, 0.25) is 0 Å². The lowest BCUT2D eigenvalue weighted by atomic mass is 9.80. The van der Waals surface area contributed by atoms with Crippen molar-refractivity contribution in [2.45, 2.75) is 82.0 Å². The zero-order valence-electron chi connectivity index (χ0n) is 21.6. The third-order valence-corrected chi connectivity index (χ3v) is 7.84. The van der Waals surface area contributed by atoms with Gasteiger partial charge in [-0.3, -0.25) is 19.2 Å². The molecule has 2 heterocycles. The number of nitriles is 1. The molecule has 0 aromatic heterocycles. The molecule has 0 unspecified atom stereocenters. The number of carbonyl (C=O) groups is 4. The highest BCUT2D eigenvalue weighted by molar-refractivity contribution is 6.07. The number of anilines is 1. The summed E-state index contributed by atoms with van der Waals surface area (Å²) in [6, 6.07) is 7.63. The van der Waals surface area contributed by atoms with E-state index in [1.807, 2.05) is 32.0 Å². The fourth-order valence-corrected chi connectivity index (χ4v) is 5.85. The van der Waals surface area contributed by atoms with Crippen LogP contribution >= 0.6 is 0 Å². The topological polar surface area (TPSA) is 143 Å².